The van der Waals surface area contributed by atoms with Crippen LogP contribution < -0.4 is 5.32 Å². The van der Waals surface area contributed by atoms with Crippen molar-refractivity contribution in [3.8, 4) is 12.1 Å². The smallest absolute Gasteiger partial charge is 0.242 e. The number of nitrogens with one attached hydrogen (secondary N) is 1. The number of nitriles is 2. The van der Waals surface area contributed by atoms with E-state index in [0.717, 1.165) is 0 Å². The maximum Gasteiger partial charge on any atom is 0.242 e. The van der Waals surface area contributed by atoms with Crippen LogP contribution in [0.2, 0.25) is 0 Å². The quantitative estimate of drug-likeness (QED) is 0.873. The van der Waals surface area contributed by atoms with Crippen molar-refractivity contribution in [3.63, 3.8) is 0 Å². The molecule has 1 heterocycles. The molecule has 1 aliphatic heterocycles. The molecular weight excluding hydrogens is 256 g/mol. The van der Waals surface area contributed by atoms with Gasteiger partial charge in [0.1, 0.15) is 12.1 Å². The predicted molar refractivity (Wildman–Crippen MR) is 71.8 cm³/mol. The Bertz CT molecular complexity index is 580. The zero-order chi connectivity index (χ0) is 14.4. The molecule has 6 heteroatoms. The average Bonchev–Trinajstić information content (AvgIpc) is 2.53. The molecule has 102 valence electrons. The number of anilines is 1. The first-order chi connectivity index (χ1) is 9.74. The van der Waals surface area contributed by atoms with Gasteiger partial charge in [0.05, 0.1) is 30.9 Å². The third-order valence-corrected chi connectivity index (χ3v) is 3.07. The fourth-order valence-electron chi connectivity index (χ4n) is 1.95. The summed E-state index contributed by atoms with van der Waals surface area (Å²) in [5.74, 6) is -0.00355. The third kappa shape index (κ3) is 3.25. The van der Waals surface area contributed by atoms with Crippen molar-refractivity contribution in [2.45, 2.75) is 0 Å². The van der Waals surface area contributed by atoms with Crippen molar-refractivity contribution in [3.05, 3.63) is 29.3 Å². The van der Waals surface area contributed by atoms with E-state index in [1.807, 2.05) is 12.1 Å². The zero-order valence-corrected chi connectivity index (χ0v) is 10.9. The monoisotopic (exact) mass is 270 g/mol. The van der Waals surface area contributed by atoms with Crippen LogP contribution in [0.4, 0.5) is 5.69 Å². The van der Waals surface area contributed by atoms with E-state index < -0.39 is 0 Å². The van der Waals surface area contributed by atoms with Crippen molar-refractivity contribution < 1.29 is 9.53 Å². The fourth-order valence-corrected chi connectivity index (χ4v) is 1.95. The van der Waals surface area contributed by atoms with Crippen molar-refractivity contribution in [2.75, 3.05) is 38.2 Å². The Hall–Kier alpha value is -2.57. The molecule has 1 aliphatic rings. The predicted octanol–water partition coefficient (Wildman–Crippen LogP) is 0.701. The zero-order valence-electron chi connectivity index (χ0n) is 10.9. The van der Waals surface area contributed by atoms with E-state index in [9.17, 15) is 4.79 Å². The molecule has 1 N–H and O–H groups in total. The van der Waals surface area contributed by atoms with Gasteiger partial charge in [0.25, 0.3) is 0 Å². The van der Waals surface area contributed by atoms with Gasteiger partial charge in [0.15, 0.2) is 0 Å². The van der Waals surface area contributed by atoms with Gasteiger partial charge >= 0.3 is 0 Å². The summed E-state index contributed by atoms with van der Waals surface area (Å²) in [6.07, 6.45) is 0. The minimum absolute atomic E-state index is 0.00355. The van der Waals surface area contributed by atoms with E-state index in [0.29, 0.717) is 43.1 Å². The van der Waals surface area contributed by atoms with E-state index in [2.05, 4.69) is 5.32 Å². The normalized spacial score (nSPS) is 14.2. The highest BCUT2D eigenvalue weighted by molar-refractivity contribution is 5.81. The first-order valence-electron chi connectivity index (χ1n) is 6.28. The fraction of sp³-hybridized carbons (Fsp3) is 0.357. The SMILES string of the molecule is N#Cc1ccc(NCC(=O)N2CCOCC2)cc1C#N. The van der Waals surface area contributed by atoms with Gasteiger partial charge in [0, 0.05) is 18.8 Å². The van der Waals surface area contributed by atoms with Gasteiger partial charge in [-0.1, -0.05) is 0 Å². The molecule has 0 unspecified atom stereocenters. The lowest BCUT2D eigenvalue weighted by atomic mass is 10.1. The van der Waals surface area contributed by atoms with Crippen LogP contribution in [-0.4, -0.2) is 43.7 Å². The molecule has 1 fully saturated rings. The number of morpholine rings is 1. The number of benzene rings is 1. The molecule has 0 aromatic heterocycles. The van der Waals surface area contributed by atoms with Gasteiger partial charge in [-0.25, -0.2) is 0 Å². The number of hydrogen-bond acceptors (Lipinski definition) is 5. The Morgan fingerprint density at radius 3 is 2.60 bits per heavy atom. The lowest BCUT2D eigenvalue weighted by Gasteiger charge is -2.27. The van der Waals surface area contributed by atoms with Crippen molar-refractivity contribution in [2.24, 2.45) is 0 Å². The number of nitrogens with zero attached hydrogens (tertiary/aromatic N) is 3. The maximum atomic E-state index is 11.9. The highest BCUT2D eigenvalue weighted by Crippen LogP contribution is 2.14. The van der Waals surface area contributed by atoms with Crippen LogP contribution >= 0.6 is 0 Å². The van der Waals surface area contributed by atoms with Gasteiger partial charge in [-0.05, 0) is 18.2 Å². The third-order valence-electron chi connectivity index (χ3n) is 3.07. The van der Waals surface area contributed by atoms with Crippen LogP contribution in [0, 0.1) is 22.7 Å². The number of carbonyl (C=O) groups excluding carboxylic acids is 1. The Balaban J connectivity index is 1.95. The lowest BCUT2D eigenvalue weighted by Crippen LogP contribution is -2.43. The molecule has 0 spiro atoms. The summed E-state index contributed by atoms with van der Waals surface area (Å²) in [7, 11) is 0. The molecule has 1 amide bonds. The minimum Gasteiger partial charge on any atom is -0.378 e. The summed E-state index contributed by atoms with van der Waals surface area (Å²) in [6, 6.07) is 8.75. The molecule has 2 rings (SSSR count). The highest BCUT2D eigenvalue weighted by Gasteiger charge is 2.16. The summed E-state index contributed by atoms with van der Waals surface area (Å²) in [4.78, 5) is 13.7. The Morgan fingerprint density at radius 1 is 1.25 bits per heavy atom. The first kappa shape index (κ1) is 13.9. The number of hydrogen-bond donors (Lipinski definition) is 1. The molecule has 1 aromatic rings. The molecular formula is C14H14N4O2. The van der Waals surface area contributed by atoms with Gasteiger partial charge < -0.3 is 15.0 Å². The second-order valence-electron chi connectivity index (χ2n) is 4.33. The molecule has 20 heavy (non-hydrogen) atoms. The molecule has 0 radical (unpaired) electrons. The van der Waals surface area contributed by atoms with Crippen molar-refractivity contribution >= 4 is 11.6 Å². The molecule has 0 atom stereocenters. The number of rotatable bonds is 3. The van der Waals surface area contributed by atoms with E-state index >= 15 is 0 Å². The van der Waals surface area contributed by atoms with Crippen LogP contribution in [0.15, 0.2) is 18.2 Å². The van der Waals surface area contributed by atoms with Crippen LogP contribution in [0.5, 0.6) is 0 Å². The second-order valence-corrected chi connectivity index (χ2v) is 4.33. The van der Waals surface area contributed by atoms with Crippen molar-refractivity contribution in [1.29, 1.82) is 10.5 Å². The van der Waals surface area contributed by atoms with Gasteiger partial charge in [-0.3, -0.25) is 4.79 Å². The second kappa shape index (κ2) is 6.55. The Labute approximate surface area is 117 Å². The Morgan fingerprint density at radius 2 is 1.95 bits per heavy atom. The summed E-state index contributed by atoms with van der Waals surface area (Å²) < 4.78 is 5.19. The Kier molecular flexibility index (Phi) is 4.54. The van der Waals surface area contributed by atoms with E-state index in [1.165, 1.54) is 0 Å². The van der Waals surface area contributed by atoms with Gasteiger partial charge in [0.2, 0.25) is 5.91 Å². The van der Waals surface area contributed by atoms with Crippen LogP contribution in [0.3, 0.4) is 0 Å². The number of carbonyl (C=O) groups is 1. The number of amides is 1. The minimum atomic E-state index is -0.00355. The number of ether oxygens (including phenoxy) is 1. The standard InChI is InChI=1S/C14H14N4O2/c15-8-11-1-2-13(7-12(11)9-16)17-10-14(19)18-3-5-20-6-4-18/h1-2,7,17H,3-6,10H2. The molecule has 0 aliphatic carbocycles. The maximum absolute atomic E-state index is 11.9. The van der Waals surface area contributed by atoms with Gasteiger partial charge in [-0.2, -0.15) is 10.5 Å². The van der Waals surface area contributed by atoms with Crippen LogP contribution in [0.1, 0.15) is 11.1 Å². The van der Waals surface area contributed by atoms with Crippen molar-refractivity contribution in [1.82, 2.24) is 4.90 Å². The molecule has 6 nitrogen and oxygen atoms in total. The largest absolute Gasteiger partial charge is 0.378 e. The average molecular weight is 270 g/mol. The summed E-state index contributed by atoms with van der Waals surface area (Å²) in [5.41, 5.74) is 1.29. The van der Waals surface area contributed by atoms with Crippen LogP contribution in [0.25, 0.3) is 0 Å². The molecule has 0 saturated carbocycles. The highest BCUT2D eigenvalue weighted by atomic mass is 16.5. The molecule has 1 aromatic carbocycles. The van der Waals surface area contributed by atoms with Crippen LogP contribution in [-0.2, 0) is 9.53 Å². The first-order valence-corrected chi connectivity index (χ1v) is 6.28. The summed E-state index contributed by atoms with van der Waals surface area (Å²) in [6.45, 7) is 2.52. The van der Waals surface area contributed by atoms with E-state index in [4.69, 9.17) is 15.3 Å². The van der Waals surface area contributed by atoms with E-state index in [-0.39, 0.29) is 12.5 Å². The van der Waals surface area contributed by atoms with E-state index in [1.54, 1.807) is 23.1 Å². The topological polar surface area (TPSA) is 89.2 Å². The lowest BCUT2D eigenvalue weighted by molar-refractivity contribution is -0.133. The summed E-state index contributed by atoms with van der Waals surface area (Å²) >= 11 is 0. The summed E-state index contributed by atoms with van der Waals surface area (Å²) in [5, 5.41) is 20.7. The van der Waals surface area contributed by atoms with Gasteiger partial charge in [-0.15, -0.1) is 0 Å². The molecule has 0 bridgehead atoms. The molecule has 1 saturated heterocycles.